The summed E-state index contributed by atoms with van der Waals surface area (Å²) in [6.45, 7) is 4.28. The predicted molar refractivity (Wildman–Crippen MR) is 150 cm³/mol. The molecule has 2 atom stereocenters. The van der Waals surface area contributed by atoms with Crippen molar-refractivity contribution in [3.05, 3.63) is 89.1 Å². The maximum Gasteiger partial charge on any atom is 0.352 e. The van der Waals surface area contributed by atoms with Gasteiger partial charge in [-0.15, -0.1) is 0 Å². The highest BCUT2D eigenvalue weighted by Gasteiger charge is 2.32. The second kappa shape index (κ2) is 13.6. The second-order valence-corrected chi connectivity index (χ2v) is 9.58. The van der Waals surface area contributed by atoms with Gasteiger partial charge in [0.2, 0.25) is 5.88 Å². The van der Waals surface area contributed by atoms with Crippen molar-refractivity contribution in [2.45, 2.75) is 51.6 Å². The van der Waals surface area contributed by atoms with E-state index >= 15 is 0 Å². The van der Waals surface area contributed by atoms with Crippen LogP contribution in [-0.4, -0.2) is 25.8 Å². The Kier molecular flexibility index (Phi) is 9.69. The molecule has 3 aromatic rings. The van der Waals surface area contributed by atoms with Crippen molar-refractivity contribution >= 4 is 5.97 Å². The maximum absolute atomic E-state index is 13.2. The summed E-state index contributed by atoms with van der Waals surface area (Å²) in [4.78, 5) is 12.7. The van der Waals surface area contributed by atoms with Crippen LogP contribution in [0.5, 0.6) is 28.7 Å². The summed E-state index contributed by atoms with van der Waals surface area (Å²) < 4.78 is 41.5. The van der Waals surface area contributed by atoms with Gasteiger partial charge in [-0.05, 0) is 61.4 Å². The number of carbonyl (C=O) groups is 1. The summed E-state index contributed by atoms with van der Waals surface area (Å²) in [5.41, 5.74) is 7.84. The molecule has 3 aromatic carbocycles. The van der Waals surface area contributed by atoms with E-state index < -0.39 is 23.8 Å². The quantitative estimate of drug-likeness (QED) is 0.154. The minimum absolute atomic E-state index is 0.0447. The highest BCUT2D eigenvalue weighted by Crippen LogP contribution is 2.45. The van der Waals surface area contributed by atoms with E-state index in [1.54, 1.807) is 19.2 Å². The molecule has 1 aliphatic heterocycles. The SMILES string of the molecule is CCCCCCOc1ccc(C2C(C#N)=C(N)Oc3cc(OC(=O)C(C)Oc4ccc(F)cc4)ccc32)cc1OC. The zero-order chi connectivity index (χ0) is 29.4. The van der Waals surface area contributed by atoms with Crippen molar-refractivity contribution in [2.75, 3.05) is 13.7 Å². The van der Waals surface area contributed by atoms with Gasteiger partial charge in [-0.2, -0.15) is 5.26 Å². The van der Waals surface area contributed by atoms with Gasteiger partial charge in [-0.1, -0.05) is 38.3 Å². The molecular weight excluding hydrogens is 527 g/mol. The van der Waals surface area contributed by atoms with Gasteiger partial charge in [-0.25, -0.2) is 9.18 Å². The van der Waals surface area contributed by atoms with Gasteiger partial charge in [0.05, 0.1) is 19.6 Å². The first-order valence-electron chi connectivity index (χ1n) is 13.5. The van der Waals surface area contributed by atoms with Crippen LogP contribution in [-0.2, 0) is 4.79 Å². The zero-order valence-corrected chi connectivity index (χ0v) is 23.3. The van der Waals surface area contributed by atoms with Crippen LogP contribution >= 0.6 is 0 Å². The lowest BCUT2D eigenvalue weighted by Gasteiger charge is -2.27. The van der Waals surface area contributed by atoms with E-state index in [0.29, 0.717) is 35.2 Å². The number of methoxy groups -OCH3 is 1. The molecule has 0 radical (unpaired) electrons. The number of ether oxygens (including phenoxy) is 5. The lowest BCUT2D eigenvalue weighted by Crippen LogP contribution is -2.28. The van der Waals surface area contributed by atoms with Crippen LogP contribution in [0.15, 0.2) is 72.1 Å². The Labute approximate surface area is 239 Å². The lowest BCUT2D eigenvalue weighted by molar-refractivity contribution is -0.141. The summed E-state index contributed by atoms with van der Waals surface area (Å²) in [7, 11) is 1.57. The van der Waals surface area contributed by atoms with Crippen LogP contribution < -0.4 is 29.4 Å². The number of hydrogen-bond acceptors (Lipinski definition) is 8. The fraction of sp³-hybridized carbons (Fsp3) is 0.312. The van der Waals surface area contributed by atoms with Crippen LogP contribution in [0.2, 0.25) is 0 Å². The molecule has 1 heterocycles. The van der Waals surface area contributed by atoms with Gasteiger partial charge in [0.15, 0.2) is 17.6 Å². The third kappa shape index (κ3) is 7.09. The van der Waals surface area contributed by atoms with Crippen LogP contribution in [0.25, 0.3) is 0 Å². The number of unbranched alkanes of at least 4 members (excludes halogenated alkanes) is 3. The van der Waals surface area contributed by atoms with Crippen molar-refractivity contribution in [3.63, 3.8) is 0 Å². The molecule has 0 aliphatic carbocycles. The van der Waals surface area contributed by atoms with Gasteiger partial charge >= 0.3 is 5.97 Å². The molecule has 0 fully saturated rings. The molecule has 9 heteroatoms. The number of rotatable bonds is 12. The lowest BCUT2D eigenvalue weighted by atomic mass is 9.83. The zero-order valence-electron chi connectivity index (χ0n) is 23.3. The summed E-state index contributed by atoms with van der Waals surface area (Å²) in [6.07, 6.45) is 3.41. The molecule has 0 bridgehead atoms. The maximum atomic E-state index is 13.2. The van der Waals surface area contributed by atoms with E-state index in [-0.39, 0.29) is 17.2 Å². The third-order valence-electron chi connectivity index (χ3n) is 6.64. The Morgan fingerprint density at radius 2 is 1.80 bits per heavy atom. The molecule has 0 spiro atoms. The number of hydrogen-bond donors (Lipinski definition) is 1. The van der Waals surface area contributed by atoms with Crippen molar-refractivity contribution in [1.29, 1.82) is 5.26 Å². The second-order valence-electron chi connectivity index (χ2n) is 9.58. The highest BCUT2D eigenvalue weighted by molar-refractivity contribution is 5.77. The van der Waals surface area contributed by atoms with E-state index in [1.807, 2.05) is 18.2 Å². The van der Waals surface area contributed by atoms with Gasteiger partial charge in [0.25, 0.3) is 0 Å². The Hall–Kier alpha value is -4.71. The Balaban J connectivity index is 1.54. The number of allylic oxidation sites excluding steroid dienone is 1. The van der Waals surface area contributed by atoms with Crippen LogP contribution in [0.3, 0.4) is 0 Å². The summed E-state index contributed by atoms with van der Waals surface area (Å²) in [5.74, 6) is 0.401. The fourth-order valence-corrected chi connectivity index (χ4v) is 4.50. The van der Waals surface area contributed by atoms with Gasteiger partial charge < -0.3 is 29.4 Å². The third-order valence-corrected chi connectivity index (χ3v) is 6.64. The van der Waals surface area contributed by atoms with E-state index in [4.69, 9.17) is 29.4 Å². The van der Waals surface area contributed by atoms with Crippen molar-refractivity contribution in [3.8, 4) is 34.8 Å². The minimum atomic E-state index is -0.958. The molecule has 214 valence electrons. The molecule has 41 heavy (non-hydrogen) atoms. The number of halogens is 1. The monoisotopic (exact) mass is 560 g/mol. The first-order chi connectivity index (χ1) is 19.8. The molecule has 4 rings (SSSR count). The molecule has 1 aliphatic rings. The van der Waals surface area contributed by atoms with E-state index in [0.717, 1.165) is 31.2 Å². The molecule has 2 N–H and O–H groups in total. The first-order valence-corrected chi connectivity index (χ1v) is 13.5. The summed E-state index contributed by atoms with van der Waals surface area (Å²) >= 11 is 0. The molecule has 0 saturated carbocycles. The smallest absolute Gasteiger partial charge is 0.352 e. The average molecular weight is 561 g/mol. The van der Waals surface area contributed by atoms with Crippen molar-refractivity contribution in [2.24, 2.45) is 5.73 Å². The molecular formula is C32H33FN2O6. The molecule has 8 nitrogen and oxygen atoms in total. The Bertz CT molecular complexity index is 1450. The molecule has 0 saturated heterocycles. The largest absolute Gasteiger partial charge is 0.493 e. The van der Waals surface area contributed by atoms with E-state index in [2.05, 4.69) is 13.0 Å². The van der Waals surface area contributed by atoms with Gasteiger partial charge in [0, 0.05) is 11.6 Å². The number of benzene rings is 3. The van der Waals surface area contributed by atoms with E-state index in [1.165, 1.54) is 37.3 Å². The normalized spacial score (nSPS) is 14.8. The van der Waals surface area contributed by atoms with Gasteiger partial charge in [0.1, 0.15) is 34.7 Å². The number of nitrogens with two attached hydrogens (primary N) is 1. The van der Waals surface area contributed by atoms with Gasteiger partial charge in [-0.3, -0.25) is 0 Å². The Morgan fingerprint density at radius 1 is 1.05 bits per heavy atom. The average Bonchev–Trinajstić information content (AvgIpc) is 2.97. The Morgan fingerprint density at radius 3 is 2.51 bits per heavy atom. The molecule has 0 amide bonds. The summed E-state index contributed by atoms with van der Waals surface area (Å²) in [5, 5.41) is 9.93. The molecule has 2 unspecified atom stereocenters. The van der Waals surface area contributed by atoms with Crippen molar-refractivity contribution < 1.29 is 32.9 Å². The van der Waals surface area contributed by atoms with Crippen molar-refractivity contribution in [1.82, 2.24) is 0 Å². The number of nitriles is 1. The molecule has 0 aromatic heterocycles. The number of fused-ring (bicyclic) bond motifs is 1. The van der Waals surface area contributed by atoms with Crippen LogP contribution in [0.4, 0.5) is 4.39 Å². The van der Waals surface area contributed by atoms with Crippen LogP contribution in [0, 0.1) is 17.1 Å². The number of carbonyl (C=O) groups excluding carboxylic acids is 1. The predicted octanol–water partition coefficient (Wildman–Crippen LogP) is 6.38. The standard InChI is InChI=1S/C32H33FN2O6/c1-4-5-6-7-16-38-27-15-8-21(17-29(27)37-3)30-25-14-13-24(18-28(25)41-31(35)26(30)19-34)40-32(36)20(2)39-23-11-9-22(33)10-12-23/h8-15,17-18,20,30H,4-7,16,35H2,1-3H3. The number of esters is 1. The highest BCUT2D eigenvalue weighted by atomic mass is 19.1. The minimum Gasteiger partial charge on any atom is -0.493 e. The van der Waals surface area contributed by atoms with E-state index in [9.17, 15) is 14.4 Å². The number of nitrogens with zero attached hydrogens (tertiary/aromatic N) is 1. The van der Waals surface area contributed by atoms with Crippen LogP contribution in [0.1, 0.15) is 56.6 Å². The fourth-order valence-electron chi connectivity index (χ4n) is 4.50. The summed E-state index contributed by atoms with van der Waals surface area (Å²) in [6, 6.07) is 17.9. The topological polar surface area (TPSA) is 113 Å². The first kappa shape index (κ1) is 29.3.